The first-order valence-electron chi connectivity index (χ1n) is 8.18. The molecule has 0 spiro atoms. The van der Waals surface area contributed by atoms with Crippen molar-refractivity contribution in [2.24, 2.45) is 10.7 Å². The van der Waals surface area contributed by atoms with Crippen LogP contribution in [0.4, 0.5) is 4.39 Å². The maximum Gasteiger partial charge on any atom is 0.490 e. The Balaban J connectivity index is 2.19. The second-order valence-electron chi connectivity index (χ2n) is 6.43. The van der Waals surface area contributed by atoms with Gasteiger partial charge in [0.2, 0.25) is 0 Å². The van der Waals surface area contributed by atoms with E-state index in [4.69, 9.17) is 31.6 Å². The third kappa shape index (κ3) is 6.12. The summed E-state index contributed by atoms with van der Waals surface area (Å²) in [5, 5.41) is 10.3. The van der Waals surface area contributed by atoms with Crippen LogP contribution in [0.2, 0.25) is 0 Å². The van der Waals surface area contributed by atoms with Crippen molar-refractivity contribution in [1.29, 1.82) is 0 Å². The van der Waals surface area contributed by atoms with Gasteiger partial charge in [-0.25, -0.2) is 23.1 Å². The highest BCUT2D eigenvalue weighted by atomic mass is 31.3. The van der Waals surface area contributed by atoms with Crippen molar-refractivity contribution >= 4 is 29.3 Å². The Labute approximate surface area is 180 Å². The summed E-state index contributed by atoms with van der Waals surface area (Å²) in [5.41, 5.74) is 3.62. The molecule has 2 aliphatic heterocycles. The summed E-state index contributed by atoms with van der Waals surface area (Å²) in [6, 6.07) is 0. The van der Waals surface area contributed by atoms with E-state index in [-0.39, 0.29) is 11.7 Å². The van der Waals surface area contributed by atoms with Gasteiger partial charge < -0.3 is 40.1 Å². The quantitative estimate of drug-likeness (QED) is 0.180. The van der Waals surface area contributed by atoms with Gasteiger partial charge in [0.25, 0.3) is 0 Å². The van der Waals surface area contributed by atoms with Gasteiger partial charge in [-0.3, -0.25) is 4.52 Å². The molecule has 0 bridgehead atoms. The van der Waals surface area contributed by atoms with Crippen LogP contribution in [0.3, 0.4) is 0 Å². The van der Waals surface area contributed by atoms with Crippen LogP contribution >= 0.6 is 23.5 Å². The number of nitrogens with two attached hydrogens (primary N) is 1. The monoisotopic (exact) mass is 521 g/mol. The molecule has 0 saturated carbocycles. The third-order valence-electron chi connectivity index (χ3n) is 4.04. The average molecular weight is 521 g/mol. The first-order valence-corrected chi connectivity index (χ1v) is 12.7. The van der Waals surface area contributed by atoms with Crippen molar-refractivity contribution in [2.45, 2.75) is 31.0 Å². The number of rotatable bonds is 8. The molecule has 2 heterocycles. The van der Waals surface area contributed by atoms with E-state index in [0.717, 1.165) is 4.90 Å². The van der Waals surface area contributed by atoms with Crippen LogP contribution in [0.15, 0.2) is 29.2 Å². The Morgan fingerprint density at radius 3 is 2.47 bits per heavy atom. The SMILES string of the molecule is C#C[C@]1(COP(=O)(O)OP(=O)(O)OP(=O)(O)O)O[C@@H](N2C=C(C)C(N)=NC2=C)C(F)[C@H]1O. The molecule has 19 heteroatoms. The smallest absolute Gasteiger partial charge is 0.386 e. The number of hydrogen-bond donors (Lipinski definition) is 6. The molecule has 0 aromatic carbocycles. The number of amidine groups is 1. The molecule has 1 saturated heterocycles. The molecule has 0 radical (unpaired) electrons. The van der Waals surface area contributed by atoms with Crippen molar-refractivity contribution < 1.29 is 60.6 Å². The fraction of sp³-hybridized carbons (Fsp3) is 0.462. The zero-order valence-electron chi connectivity index (χ0n) is 16.1. The van der Waals surface area contributed by atoms with Crippen LogP contribution in [0.5, 0.6) is 0 Å². The molecule has 2 aliphatic rings. The minimum atomic E-state index is -5.79. The molecule has 2 rings (SSSR count). The summed E-state index contributed by atoms with van der Waals surface area (Å²) in [7, 11) is -17.0. The number of hydrogen-bond acceptors (Lipinski definition) is 11. The molecule has 7 N–H and O–H groups in total. The van der Waals surface area contributed by atoms with E-state index in [2.05, 4.69) is 24.7 Å². The molecular formula is C13H19FN3O12P3. The van der Waals surface area contributed by atoms with Crippen molar-refractivity contribution in [3.8, 4) is 12.3 Å². The topological polar surface area (TPSA) is 231 Å². The number of phosphoric acid groups is 3. The lowest BCUT2D eigenvalue weighted by molar-refractivity contribution is -0.0986. The molecule has 0 aromatic heterocycles. The van der Waals surface area contributed by atoms with Crippen LogP contribution in [0.1, 0.15) is 6.92 Å². The molecule has 6 atom stereocenters. The first-order chi connectivity index (χ1) is 14.4. The normalized spacial score (nSPS) is 32.5. The highest BCUT2D eigenvalue weighted by Crippen LogP contribution is 2.66. The highest BCUT2D eigenvalue weighted by molar-refractivity contribution is 7.66. The minimum Gasteiger partial charge on any atom is -0.386 e. The Hall–Kier alpha value is -1.43. The zero-order valence-corrected chi connectivity index (χ0v) is 18.8. The van der Waals surface area contributed by atoms with E-state index >= 15 is 0 Å². The van der Waals surface area contributed by atoms with Gasteiger partial charge in [-0.15, -0.1) is 6.42 Å². The van der Waals surface area contributed by atoms with Crippen molar-refractivity contribution in [3.63, 3.8) is 0 Å². The number of halogens is 1. The molecule has 0 aliphatic carbocycles. The van der Waals surface area contributed by atoms with Crippen molar-refractivity contribution in [3.05, 3.63) is 24.2 Å². The standard InChI is InChI=1S/C13H19FN3O12P3/c1-4-13(6-26-31(22,23)29-32(24,25)28-30(19,20)21)10(18)9(14)12(27-13)17-5-7(2)11(15)16-8(17)3/h1,5,9-10,12,18H,3,6H2,2H3,(H2,15,16)(H,22,23)(H,24,25)(H2,19,20,21)/t9?,10-,12-,13-/m1/s1. The molecule has 180 valence electrons. The molecule has 15 nitrogen and oxygen atoms in total. The van der Waals surface area contributed by atoms with Crippen LogP contribution in [-0.2, 0) is 31.6 Å². The number of aliphatic imine (C=N–C) groups is 1. The van der Waals surface area contributed by atoms with Crippen molar-refractivity contribution in [2.75, 3.05) is 6.61 Å². The summed E-state index contributed by atoms with van der Waals surface area (Å²) >= 11 is 0. The molecule has 3 unspecified atom stereocenters. The lowest BCUT2D eigenvalue weighted by atomic mass is 9.98. The fourth-order valence-corrected chi connectivity index (χ4v) is 5.64. The van der Waals surface area contributed by atoms with E-state index in [0.29, 0.717) is 5.57 Å². The number of phosphoric ester groups is 1. The lowest BCUT2D eigenvalue weighted by Crippen LogP contribution is -2.44. The van der Waals surface area contributed by atoms with Gasteiger partial charge in [-0.1, -0.05) is 12.5 Å². The molecule has 1 fully saturated rings. The third-order valence-corrected chi connectivity index (χ3v) is 7.83. The van der Waals surface area contributed by atoms with Gasteiger partial charge in [-0.2, -0.15) is 8.62 Å². The van der Waals surface area contributed by atoms with E-state index in [9.17, 15) is 28.1 Å². The summed E-state index contributed by atoms with van der Waals surface area (Å²) < 4.78 is 65.7. The van der Waals surface area contributed by atoms with Gasteiger partial charge in [-0.05, 0) is 6.92 Å². The number of ether oxygens (including phenoxy) is 1. The van der Waals surface area contributed by atoms with Gasteiger partial charge in [0, 0.05) is 11.8 Å². The van der Waals surface area contributed by atoms with E-state index in [1.807, 2.05) is 5.92 Å². The number of aliphatic hydroxyl groups is 1. The Morgan fingerprint density at radius 2 is 1.94 bits per heavy atom. The largest absolute Gasteiger partial charge is 0.490 e. The second kappa shape index (κ2) is 9.08. The average Bonchev–Trinajstić information content (AvgIpc) is 2.85. The second-order valence-corrected chi connectivity index (χ2v) is 10.8. The van der Waals surface area contributed by atoms with Gasteiger partial charge in [0.05, 0.1) is 0 Å². The van der Waals surface area contributed by atoms with E-state index in [1.165, 1.54) is 6.20 Å². The summed E-state index contributed by atoms with van der Waals surface area (Å²) in [4.78, 5) is 40.7. The first kappa shape index (κ1) is 26.8. The Bertz CT molecular complexity index is 1040. The van der Waals surface area contributed by atoms with Crippen LogP contribution < -0.4 is 5.73 Å². The van der Waals surface area contributed by atoms with Gasteiger partial charge in [0.1, 0.15) is 24.4 Å². The molecule has 0 amide bonds. The van der Waals surface area contributed by atoms with Crippen LogP contribution in [0.25, 0.3) is 0 Å². The van der Waals surface area contributed by atoms with Gasteiger partial charge >= 0.3 is 23.5 Å². The molecular weight excluding hydrogens is 502 g/mol. The predicted molar refractivity (Wildman–Crippen MR) is 104 cm³/mol. The lowest BCUT2D eigenvalue weighted by Gasteiger charge is -2.32. The molecule has 0 aromatic rings. The van der Waals surface area contributed by atoms with Crippen molar-refractivity contribution in [1.82, 2.24) is 4.90 Å². The number of terminal acetylenes is 1. The Kier molecular flexibility index (Phi) is 7.61. The predicted octanol–water partition coefficient (Wildman–Crippen LogP) is -0.195. The number of nitrogens with zero attached hydrogens (tertiary/aromatic N) is 2. The summed E-state index contributed by atoms with van der Waals surface area (Å²) in [6.45, 7) is 3.85. The molecule has 32 heavy (non-hydrogen) atoms. The zero-order chi connectivity index (χ0) is 24.7. The van der Waals surface area contributed by atoms with E-state index < -0.39 is 54.2 Å². The highest BCUT2D eigenvalue weighted by Gasteiger charge is 2.58. The van der Waals surface area contributed by atoms with Crippen LogP contribution in [0, 0.1) is 12.3 Å². The van der Waals surface area contributed by atoms with Gasteiger partial charge in [0.15, 0.2) is 18.0 Å². The number of aliphatic hydroxyl groups excluding tert-OH is 1. The number of alkyl halides is 1. The summed E-state index contributed by atoms with van der Waals surface area (Å²) in [5.74, 6) is 1.90. The van der Waals surface area contributed by atoms with Crippen LogP contribution in [-0.4, -0.2) is 66.1 Å². The minimum absolute atomic E-state index is 0.0753. The summed E-state index contributed by atoms with van der Waals surface area (Å²) in [6.07, 6.45) is 0.608. The Morgan fingerprint density at radius 1 is 1.34 bits per heavy atom. The maximum atomic E-state index is 14.9. The fourth-order valence-electron chi connectivity index (χ4n) is 2.59. The maximum absolute atomic E-state index is 14.9. The van der Waals surface area contributed by atoms with E-state index in [1.54, 1.807) is 6.92 Å².